The molecule has 0 aliphatic carbocycles. The zero-order valence-electron chi connectivity index (χ0n) is 13.1. The van der Waals surface area contributed by atoms with Crippen LogP contribution in [0.1, 0.15) is 42.9 Å². The number of nitrogens with one attached hydrogen (secondary N) is 2. The molecule has 2 aliphatic rings. The van der Waals surface area contributed by atoms with Gasteiger partial charge in [0.15, 0.2) is 0 Å². The Morgan fingerprint density at radius 2 is 2.23 bits per heavy atom. The van der Waals surface area contributed by atoms with Gasteiger partial charge in [-0.1, -0.05) is 0 Å². The lowest BCUT2D eigenvalue weighted by Gasteiger charge is -2.29. The number of aromatic nitrogens is 2. The number of anilines is 1. The van der Waals surface area contributed by atoms with Crippen molar-refractivity contribution in [1.29, 1.82) is 0 Å². The number of sulfonamides is 1. The van der Waals surface area contributed by atoms with Gasteiger partial charge in [0.25, 0.3) is 0 Å². The second-order valence-corrected chi connectivity index (χ2v) is 8.00. The number of rotatable bonds is 4. The fourth-order valence-electron chi connectivity index (χ4n) is 3.10. The molecule has 7 nitrogen and oxygen atoms in total. The van der Waals surface area contributed by atoms with Crippen molar-refractivity contribution in [2.24, 2.45) is 0 Å². The summed E-state index contributed by atoms with van der Waals surface area (Å²) in [6.45, 7) is 3.54. The summed E-state index contributed by atoms with van der Waals surface area (Å²) in [5, 5.41) is 6.52. The van der Waals surface area contributed by atoms with Crippen molar-refractivity contribution in [3.8, 4) is 0 Å². The Morgan fingerprint density at radius 1 is 1.41 bits per heavy atom. The molecule has 0 bridgehead atoms. The molecule has 0 radical (unpaired) electrons. The van der Waals surface area contributed by atoms with E-state index in [2.05, 4.69) is 15.6 Å². The molecule has 1 fully saturated rings. The van der Waals surface area contributed by atoms with Crippen LogP contribution in [0, 0.1) is 0 Å². The molecular formula is C14H23N5O2S. The van der Waals surface area contributed by atoms with Crippen LogP contribution < -0.4 is 10.6 Å². The Hall–Kier alpha value is -1.25. The molecule has 122 valence electrons. The first-order valence-corrected chi connectivity index (χ1v) is 9.44. The minimum Gasteiger partial charge on any atom is -0.373 e. The standard InChI is InChI=1S/C14H23N5O2S/c1-3-22(20,21)19-8-6-11-10(9-19)13(15-2)18-14(17-11)12-5-4-7-16-12/h12,16H,3-9H2,1-2H3,(H,15,17,18)/t12-/m1/s1. The fourth-order valence-corrected chi connectivity index (χ4v) is 4.16. The van der Waals surface area contributed by atoms with E-state index in [4.69, 9.17) is 4.98 Å². The number of nitrogens with zero attached hydrogens (tertiary/aromatic N) is 3. The van der Waals surface area contributed by atoms with Crippen LogP contribution in [0.15, 0.2) is 0 Å². The third kappa shape index (κ3) is 2.82. The summed E-state index contributed by atoms with van der Waals surface area (Å²) >= 11 is 0. The Kier molecular flexibility index (Phi) is 4.33. The second-order valence-electron chi connectivity index (χ2n) is 5.74. The zero-order valence-corrected chi connectivity index (χ0v) is 13.9. The van der Waals surface area contributed by atoms with E-state index in [1.165, 1.54) is 4.31 Å². The van der Waals surface area contributed by atoms with E-state index < -0.39 is 10.0 Å². The average Bonchev–Trinajstić information content (AvgIpc) is 3.07. The van der Waals surface area contributed by atoms with Crippen LogP contribution in [-0.4, -0.2) is 48.6 Å². The van der Waals surface area contributed by atoms with E-state index in [-0.39, 0.29) is 11.8 Å². The highest BCUT2D eigenvalue weighted by molar-refractivity contribution is 7.89. The van der Waals surface area contributed by atoms with Crippen molar-refractivity contribution in [2.45, 2.75) is 38.8 Å². The maximum absolute atomic E-state index is 12.1. The van der Waals surface area contributed by atoms with E-state index in [0.29, 0.717) is 19.5 Å². The maximum atomic E-state index is 12.1. The minimum absolute atomic E-state index is 0.127. The molecule has 2 N–H and O–H groups in total. The molecule has 8 heteroatoms. The molecule has 1 saturated heterocycles. The minimum atomic E-state index is -3.18. The van der Waals surface area contributed by atoms with Crippen molar-refractivity contribution in [2.75, 3.05) is 31.2 Å². The zero-order chi connectivity index (χ0) is 15.7. The van der Waals surface area contributed by atoms with E-state index in [9.17, 15) is 8.42 Å². The molecule has 22 heavy (non-hydrogen) atoms. The van der Waals surface area contributed by atoms with Crippen molar-refractivity contribution < 1.29 is 8.42 Å². The van der Waals surface area contributed by atoms with Crippen LogP contribution in [-0.2, 0) is 23.0 Å². The van der Waals surface area contributed by atoms with E-state index in [0.717, 1.165) is 42.3 Å². The van der Waals surface area contributed by atoms with Gasteiger partial charge >= 0.3 is 0 Å². The van der Waals surface area contributed by atoms with Gasteiger partial charge in [0.05, 0.1) is 17.5 Å². The largest absolute Gasteiger partial charge is 0.373 e. The highest BCUT2D eigenvalue weighted by Crippen LogP contribution is 2.28. The highest BCUT2D eigenvalue weighted by Gasteiger charge is 2.30. The summed E-state index contributed by atoms with van der Waals surface area (Å²) in [5.41, 5.74) is 1.89. The number of hydrogen-bond donors (Lipinski definition) is 2. The van der Waals surface area contributed by atoms with Gasteiger partial charge in [-0.2, -0.15) is 4.31 Å². The monoisotopic (exact) mass is 325 g/mol. The van der Waals surface area contributed by atoms with Gasteiger partial charge < -0.3 is 10.6 Å². The third-order valence-electron chi connectivity index (χ3n) is 4.41. The lowest BCUT2D eigenvalue weighted by atomic mass is 10.1. The highest BCUT2D eigenvalue weighted by atomic mass is 32.2. The summed E-state index contributed by atoms with van der Waals surface area (Å²) in [7, 11) is -1.36. The molecule has 3 heterocycles. The SMILES string of the molecule is CCS(=O)(=O)N1CCc2nc([C@H]3CCCN3)nc(NC)c2C1. The Labute approximate surface area is 131 Å². The molecule has 0 unspecified atom stereocenters. The fraction of sp³-hybridized carbons (Fsp3) is 0.714. The molecule has 3 rings (SSSR count). The van der Waals surface area contributed by atoms with Crippen LogP contribution in [0.2, 0.25) is 0 Å². The van der Waals surface area contributed by atoms with Gasteiger partial charge in [0, 0.05) is 32.1 Å². The Morgan fingerprint density at radius 3 is 2.86 bits per heavy atom. The number of fused-ring (bicyclic) bond motifs is 1. The Bertz CT molecular complexity index is 638. The summed E-state index contributed by atoms with van der Waals surface area (Å²) in [6, 6.07) is 0.217. The lowest BCUT2D eigenvalue weighted by Crippen LogP contribution is -2.38. The van der Waals surface area contributed by atoms with Crippen LogP contribution in [0.5, 0.6) is 0 Å². The van der Waals surface area contributed by atoms with Gasteiger partial charge in [-0.25, -0.2) is 18.4 Å². The predicted octanol–water partition coefficient (Wildman–Crippen LogP) is 0.651. The van der Waals surface area contributed by atoms with Crippen molar-refractivity contribution >= 4 is 15.8 Å². The lowest BCUT2D eigenvalue weighted by molar-refractivity contribution is 0.387. The first-order chi connectivity index (χ1) is 10.5. The first-order valence-electron chi connectivity index (χ1n) is 7.83. The van der Waals surface area contributed by atoms with Crippen molar-refractivity contribution in [1.82, 2.24) is 19.6 Å². The second kappa shape index (κ2) is 6.10. The molecule has 0 saturated carbocycles. The van der Waals surface area contributed by atoms with Gasteiger partial charge in [0.1, 0.15) is 11.6 Å². The molecule has 1 atom stereocenters. The van der Waals surface area contributed by atoms with E-state index in [1.807, 2.05) is 7.05 Å². The summed E-state index contributed by atoms with van der Waals surface area (Å²) < 4.78 is 25.7. The van der Waals surface area contributed by atoms with Crippen LogP contribution in [0.4, 0.5) is 5.82 Å². The Balaban J connectivity index is 1.94. The predicted molar refractivity (Wildman–Crippen MR) is 85.1 cm³/mol. The van der Waals surface area contributed by atoms with Crippen molar-refractivity contribution in [3.63, 3.8) is 0 Å². The quantitative estimate of drug-likeness (QED) is 0.845. The molecular weight excluding hydrogens is 302 g/mol. The van der Waals surface area contributed by atoms with Crippen molar-refractivity contribution in [3.05, 3.63) is 17.1 Å². The van der Waals surface area contributed by atoms with Gasteiger partial charge in [-0.05, 0) is 26.3 Å². The maximum Gasteiger partial charge on any atom is 0.214 e. The summed E-state index contributed by atoms with van der Waals surface area (Å²) in [6.07, 6.45) is 2.84. The van der Waals surface area contributed by atoms with Gasteiger partial charge in [0.2, 0.25) is 10.0 Å². The van der Waals surface area contributed by atoms with Gasteiger partial charge in [-0.15, -0.1) is 0 Å². The normalized spacial score (nSPS) is 22.5. The molecule has 2 aliphatic heterocycles. The van der Waals surface area contributed by atoms with Gasteiger partial charge in [-0.3, -0.25) is 0 Å². The average molecular weight is 325 g/mol. The van der Waals surface area contributed by atoms with E-state index in [1.54, 1.807) is 6.92 Å². The first kappa shape index (κ1) is 15.6. The smallest absolute Gasteiger partial charge is 0.214 e. The molecule has 0 aromatic carbocycles. The van der Waals surface area contributed by atoms with Crippen LogP contribution in [0.25, 0.3) is 0 Å². The van der Waals surface area contributed by atoms with Crippen LogP contribution >= 0.6 is 0 Å². The summed E-state index contributed by atoms with van der Waals surface area (Å²) in [4.78, 5) is 9.33. The van der Waals surface area contributed by atoms with Crippen LogP contribution in [0.3, 0.4) is 0 Å². The topological polar surface area (TPSA) is 87.2 Å². The third-order valence-corrected chi connectivity index (χ3v) is 6.24. The molecule has 1 aromatic heterocycles. The molecule has 0 amide bonds. The number of hydrogen-bond acceptors (Lipinski definition) is 6. The van der Waals surface area contributed by atoms with E-state index >= 15 is 0 Å². The molecule has 1 aromatic rings. The summed E-state index contributed by atoms with van der Waals surface area (Å²) in [5.74, 6) is 1.71. The molecule has 0 spiro atoms.